The minimum atomic E-state index is -0.594. The lowest BCUT2D eigenvalue weighted by Crippen LogP contribution is -1.94. The number of benzene rings is 1. The van der Waals surface area contributed by atoms with Gasteiger partial charge in [-0.3, -0.25) is 0 Å². The van der Waals surface area contributed by atoms with Crippen LogP contribution in [0.15, 0.2) is 12.1 Å². The number of nitriles is 1. The SMILES string of the molecule is COc1cc(C#N)cc(OC)c1F. The maximum atomic E-state index is 13.2. The highest BCUT2D eigenvalue weighted by Gasteiger charge is 2.11. The van der Waals surface area contributed by atoms with E-state index in [0.717, 1.165) is 0 Å². The molecule has 0 atom stereocenters. The van der Waals surface area contributed by atoms with Crippen molar-refractivity contribution in [3.8, 4) is 17.6 Å². The first-order valence-corrected chi connectivity index (χ1v) is 3.54. The van der Waals surface area contributed by atoms with Gasteiger partial charge >= 0.3 is 0 Å². The number of rotatable bonds is 2. The molecule has 1 rings (SSSR count). The molecule has 0 N–H and O–H groups in total. The van der Waals surface area contributed by atoms with E-state index in [4.69, 9.17) is 14.7 Å². The zero-order chi connectivity index (χ0) is 9.84. The summed E-state index contributed by atoms with van der Waals surface area (Å²) in [6, 6.07) is 4.51. The second-order valence-electron chi connectivity index (χ2n) is 2.31. The molecular formula is C9H8FNO2. The lowest BCUT2D eigenvalue weighted by atomic mass is 10.2. The highest BCUT2D eigenvalue weighted by molar-refractivity contribution is 5.45. The first-order chi connectivity index (χ1) is 6.22. The molecule has 0 unspecified atom stereocenters. The maximum Gasteiger partial charge on any atom is 0.206 e. The Hall–Kier alpha value is -1.76. The van der Waals surface area contributed by atoms with E-state index in [9.17, 15) is 4.39 Å². The van der Waals surface area contributed by atoms with Crippen LogP contribution in [0.25, 0.3) is 0 Å². The summed E-state index contributed by atoms with van der Waals surface area (Å²) in [5.41, 5.74) is 0.301. The van der Waals surface area contributed by atoms with Gasteiger partial charge in [-0.25, -0.2) is 0 Å². The molecule has 0 aliphatic rings. The van der Waals surface area contributed by atoms with E-state index in [1.807, 2.05) is 6.07 Å². The lowest BCUT2D eigenvalue weighted by Gasteiger charge is -2.06. The van der Waals surface area contributed by atoms with Gasteiger partial charge in [0, 0.05) is 12.1 Å². The quantitative estimate of drug-likeness (QED) is 0.697. The van der Waals surface area contributed by atoms with Crippen LogP contribution < -0.4 is 9.47 Å². The van der Waals surface area contributed by atoms with Crippen LogP contribution in [-0.2, 0) is 0 Å². The molecule has 0 saturated carbocycles. The van der Waals surface area contributed by atoms with Gasteiger partial charge in [0.2, 0.25) is 5.82 Å². The Morgan fingerprint density at radius 2 is 1.69 bits per heavy atom. The van der Waals surface area contributed by atoms with Crippen LogP contribution in [0.2, 0.25) is 0 Å². The normalized spacial score (nSPS) is 9.08. The van der Waals surface area contributed by atoms with Crippen molar-refractivity contribution in [1.82, 2.24) is 0 Å². The largest absolute Gasteiger partial charge is 0.493 e. The number of nitrogens with zero attached hydrogens (tertiary/aromatic N) is 1. The third-order valence-electron chi connectivity index (χ3n) is 1.57. The zero-order valence-corrected chi connectivity index (χ0v) is 7.30. The molecule has 4 heteroatoms. The topological polar surface area (TPSA) is 42.2 Å². The molecule has 0 amide bonds. The summed E-state index contributed by atoms with van der Waals surface area (Å²) in [6.45, 7) is 0. The summed E-state index contributed by atoms with van der Waals surface area (Å²) < 4.78 is 22.7. The van der Waals surface area contributed by atoms with Gasteiger partial charge in [-0.2, -0.15) is 9.65 Å². The van der Waals surface area contributed by atoms with Gasteiger partial charge in [-0.1, -0.05) is 0 Å². The molecule has 0 aromatic heterocycles. The van der Waals surface area contributed by atoms with E-state index in [1.54, 1.807) is 0 Å². The van der Waals surface area contributed by atoms with Crippen molar-refractivity contribution in [3.05, 3.63) is 23.5 Å². The first kappa shape index (κ1) is 9.33. The molecule has 0 bridgehead atoms. The molecule has 0 heterocycles. The monoisotopic (exact) mass is 181 g/mol. The molecular weight excluding hydrogens is 173 g/mol. The lowest BCUT2D eigenvalue weighted by molar-refractivity contribution is 0.350. The Kier molecular flexibility index (Phi) is 2.70. The molecule has 3 nitrogen and oxygen atoms in total. The number of ether oxygens (including phenoxy) is 2. The van der Waals surface area contributed by atoms with Gasteiger partial charge < -0.3 is 9.47 Å². The van der Waals surface area contributed by atoms with E-state index in [-0.39, 0.29) is 11.5 Å². The van der Waals surface area contributed by atoms with Gasteiger partial charge in [0.25, 0.3) is 0 Å². The fourth-order valence-corrected chi connectivity index (χ4v) is 0.934. The van der Waals surface area contributed by atoms with E-state index in [1.165, 1.54) is 26.4 Å². The van der Waals surface area contributed by atoms with Crippen LogP contribution in [0.1, 0.15) is 5.56 Å². The van der Waals surface area contributed by atoms with Gasteiger partial charge in [0.05, 0.1) is 25.9 Å². The molecule has 0 spiro atoms. The Morgan fingerprint density at radius 3 is 2.00 bits per heavy atom. The molecule has 0 radical (unpaired) electrons. The Labute approximate surface area is 75.3 Å². The second-order valence-corrected chi connectivity index (χ2v) is 2.31. The summed E-state index contributed by atoms with van der Waals surface area (Å²) in [7, 11) is 2.66. The van der Waals surface area contributed by atoms with Crippen molar-refractivity contribution >= 4 is 0 Å². The van der Waals surface area contributed by atoms with Crippen LogP contribution >= 0.6 is 0 Å². The van der Waals surface area contributed by atoms with Crippen LogP contribution in [0.5, 0.6) is 11.5 Å². The molecule has 0 aliphatic carbocycles. The number of hydrogen-bond donors (Lipinski definition) is 0. The van der Waals surface area contributed by atoms with E-state index in [0.29, 0.717) is 5.56 Å². The molecule has 1 aromatic carbocycles. The predicted molar refractivity (Wildman–Crippen MR) is 44.2 cm³/mol. The van der Waals surface area contributed by atoms with Crippen LogP contribution in [-0.4, -0.2) is 14.2 Å². The number of methoxy groups -OCH3 is 2. The van der Waals surface area contributed by atoms with Crippen molar-refractivity contribution in [1.29, 1.82) is 5.26 Å². The highest BCUT2D eigenvalue weighted by Crippen LogP contribution is 2.27. The number of halogens is 1. The zero-order valence-electron chi connectivity index (χ0n) is 7.30. The fourth-order valence-electron chi connectivity index (χ4n) is 0.934. The van der Waals surface area contributed by atoms with Gasteiger partial charge in [0.1, 0.15) is 0 Å². The van der Waals surface area contributed by atoms with Crippen LogP contribution in [0, 0.1) is 17.1 Å². The first-order valence-electron chi connectivity index (χ1n) is 3.54. The Morgan fingerprint density at radius 1 is 1.23 bits per heavy atom. The van der Waals surface area contributed by atoms with Gasteiger partial charge in [0.15, 0.2) is 11.5 Å². The third kappa shape index (κ3) is 1.70. The average molecular weight is 181 g/mol. The Bertz CT molecular complexity index is 332. The standard InChI is InChI=1S/C9H8FNO2/c1-12-7-3-6(5-11)4-8(13-2)9(7)10/h3-4H,1-2H3. The van der Waals surface area contributed by atoms with Crippen molar-refractivity contribution < 1.29 is 13.9 Å². The van der Waals surface area contributed by atoms with E-state index < -0.39 is 5.82 Å². The summed E-state index contributed by atoms with van der Waals surface area (Å²) in [5, 5.41) is 8.58. The second kappa shape index (κ2) is 3.76. The van der Waals surface area contributed by atoms with Gasteiger partial charge in [-0.15, -0.1) is 0 Å². The van der Waals surface area contributed by atoms with E-state index >= 15 is 0 Å². The highest BCUT2D eigenvalue weighted by atomic mass is 19.1. The molecule has 13 heavy (non-hydrogen) atoms. The summed E-state index contributed by atoms with van der Waals surface area (Å²) in [4.78, 5) is 0. The van der Waals surface area contributed by atoms with Gasteiger partial charge in [-0.05, 0) is 0 Å². The van der Waals surface area contributed by atoms with Crippen LogP contribution in [0.4, 0.5) is 4.39 Å². The maximum absolute atomic E-state index is 13.2. The Balaban J connectivity index is 3.30. The molecule has 0 aliphatic heterocycles. The van der Waals surface area contributed by atoms with Crippen molar-refractivity contribution in [2.24, 2.45) is 0 Å². The number of hydrogen-bond acceptors (Lipinski definition) is 3. The van der Waals surface area contributed by atoms with E-state index in [2.05, 4.69) is 0 Å². The molecule has 1 aromatic rings. The summed E-state index contributed by atoms with van der Waals surface area (Å²) in [6.07, 6.45) is 0. The smallest absolute Gasteiger partial charge is 0.206 e. The molecule has 0 saturated heterocycles. The average Bonchev–Trinajstić information content (AvgIpc) is 2.18. The predicted octanol–water partition coefficient (Wildman–Crippen LogP) is 1.71. The van der Waals surface area contributed by atoms with Crippen molar-refractivity contribution in [2.75, 3.05) is 14.2 Å². The minimum Gasteiger partial charge on any atom is -0.493 e. The van der Waals surface area contributed by atoms with Crippen molar-refractivity contribution in [3.63, 3.8) is 0 Å². The molecule has 0 fully saturated rings. The van der Waals surface area contributed by atoms with Crippen LogP contribution in [0.3, 0.4) is 0 Å². The molecule has 68 valence electrons. The third-order valence-corrected chi connectivity index (χ3v) is 1.57. The minimum absolute atomic E-state index is 0.0101. The summed E-state index contributed by atoms with van der Waals surface area (Å²) >= 11 is 0. The fraction of sp³-hybridized carbons (Fsp3) is 0.222. The van der Waals surface area contributed by atoms with Crippen molar-refractivity contribution in [2.45, 2.75) is 0 Å². The summed E-state index contributed by atoms with van der Waals surface area (Å²) in [5.74, 6) is -0.573.